The van der Waals surface area contributed by atoms with Gasteiger partial charge in [-0.15, -0.1) is 0 Å². The number of nitrogens with zero attached hydrogens (tertiary/aromatic N) is 2. The summed E-state index contributed by atoms with van der Waals surface area (Å²) in [6.45, 7) is 4.99. The molecule has 2 aliphatic rings. The molecule has 118 valence electrons. The molecule has 0 N–H and O–H groups in total. The quantitative estimate of drug-likeness (QED) is 0.750. The summed E-state index contributed by atoms with van der Waals surface area (Å²) < 4.78 is 39.1. The highest BCUT2D eigenvalue weighted by Gasteiger charge is 2.48. The Balaban J connectivity index is 2.19. The number of ether oxygens (including phenoxy) is 2. The molecule has 2 saturated heterocycles. The largest absolute Gasteiger partial charge is 0.381 e. The van der Waals surface area contributed by atoms with Crippen molar-refractivity contribution in [2.45, 2.75) is 32.3 Å². The van der Waals surface area contributed by atoms with Gasteiger partial charge in [0.05, 0.1) is 12.7 Å². The maximum Gasteiger partial charge on any atom is 0.281 e. The molecule has 7 heteroatoms. The maximum atomic E-state index is 12.3. The molecule has 2 fully saturated rings. The van der Waals surface area contributed by atoms with Crippen molar-refractivity contribution in [1.82, 2.24) is 8.61 Å². The Kier molecular flexibility index (Phi) is 5.07. The first-order chi connectivity index (χ1) is 9.42. The van der Waals surface area contributed by atoms with Gasteiger partial charge in [0.1, 0.15) is 0 Å². The van der Waals surface area contributed by atoms with Crippen molar-refractivity contribution in [2.75, 3.05) is 47.0 Å². The zero-order valence-corrected chi connectivity index (χ0v) is 13.5. The van der Waals surface area contributed by atoms with E-state index in [0.29, 0.717) is 26.3 Å². The number of hydrogen-bond donors (Lipinski definition) is 0. The van der Waals surface area contributed by atoms with Gasteiger partial charge in [-0.1, -0.05) is 0 Å². The SMILES string of the molecule is CCOC[C@]12CCCO[C@@H]1CCN(S(=O)(=O)N(C)C)C2. The van der Waals surface area contributed by atoms with Crippen molar-refractivity contribution in [2.24, 2.45) is 5.41 Å². The predicted molar refractivity (Wildman–Crippen MR) is 76.7 cm³/mol. The highest BCUT2D eigenvalue weighted by Crippen LogP contribution is 2.41. The second-order valence-electron chi connectivity index (χ2n) is 5.87. The summed E-state index contributed by atoms with van der Waals surface area (Å²) in [4.78, 5) is 0. The lowest BCUT2D eigenvalue weighted by molar-refractivity contribution is -0.141. The molecule has 0 saturated carbocycles. The van der Waals surface area contributed by atoms with Gasteiger partial charge < -0.3 is 9.47 Å². The van der Waals surface area contributed by atoms with Crippen LogP contribution in [0.5, 0.6) is 0 Å². The van der Waals surface area contributed by atoms with Gasteiger partial charge in [-0.25, -0.2) is 0 Å². The van der Waals surface area contributed by atoms with Crippen LogP contribution in [-0.4, -0.2) is 70.1 Å². The molecule has 0 aromatic rings. The molecule has 0 radical (unpaired) electrons. The lowest BCUT2D eigenvalue weighted by atomic mass is 9.73. The summed E-state index contributed by atoms with van der Waals surface area (Å²) in [6.07, 6.45) is 2.81. The fourth-order valence-corrected chi connectivity index (χ4v) is 4.41. The Bertz CT molecular complexity index is 426. The third-order valence-electron chi connectivity index (χ3n) is 4.33. The van der Waals surface area contributed by atoms with Gasteiger partial charge in [-0.3, -0.25) is 0 Å². The van der Waals surface area contributed by atoms with Crippen molar-refractivity contribution >= 4 is 10.2 Å². The molecule has 0 spiro atoms. The second kappa shape index (κ2) is 6.27. The summed E-state index contributed by atoms with van der Waals surface area (Å²) in [7, 11) is -0.203. The van der Waals surface area contributed by atoms with E-state index in [1.807, 2.05) is 6.92 Å². The molecule has 2 atom stereocenters. The van der Waals surface area contributed by atoms with Gasteiger partial charge in [-0.05, 0) is 26.2 Å². The fourth-order valence-electron chi connectivity index (χ4n) is 3.19. The van der Waals surface area contributed by atoms with Gasteiger partial charge in [0.25, 0.3) is 10.2 Å². The average molecular weight is 306 g/mol. The van der Waals surface area contributed by atoms with E-state index in [1.165, 1.54) is 4.31 Å². The molecular formula is C13H26N2O4S. The number of hydrogen-bond acceptors (Lipinski definition) is 4. The molecule has 0 unspecified atom stereocenters. The Labute approximate surface area is 122 Å². The Morgan fingerprint density at radius 3 is 2.85 bits per heavy atom. The predicted octanol–water partition coefficient (Wildman–Crippen LogP) is 0.700. The highest BCUT2D eigenvalue weighted by molar-refractivity contribution is 7.86. The van der Waals surface area contributed by atoms with E-state index in [9.17, 15) is 8.42 Å². The van der Waals surface area contributed by atoms with Crippen LogP contribution < -0.4 is 0 Å². The standard InChI is InChI=1S/C13H26N2O4S/c1-4-18-11-13-7-5-9-19-12(13)6-8-15(10-13)20(16,17)14(2)3/h12H,4-11H2,1-3H3/t12-,13-/m1/s1. The van der Waals surface area contributed by atoms with Crippen molar-refractivity contribution in [3.8, 4) is 0 Å². The lowest BCUT2D eigenvalue weighted by Crippen LogP contribution is -2.59. The van der Waals surface area contributed by atoms with Crippen molar-refractivity contribution in [3.05, 3.63) is 0 Å². The number of piperidine rings is 1. The summed E-state index contributed by atoms with van der Waals surface area (Å²) in [5.74, 6) is 0. The first kappa shape index (κ1) is 16.2. The zero-order chi connectivity index (χ0) is 14.8. The lowest BCUT2D eigenvalue weighted by Gasteiger charge is -2.50. The van der Waals surface area contributed by atoms with Crippen LogP contribution in [0.4, 0.5) is 0 Å². The molecule has 6 nitrogen and oxygen atoms in total. The average Bonchev–Trinajstić information content (AvgIpc) is 2.44. The van der Waals surface area contributed by atoms with Crippen LogP contribution in [0.25, 0.3) is 0 Å². The van der Waals surface area contributed by atoms with Gasteiger partial charge in [0.15, 0.2) is 0 Å². The van der Waals surface area contributed by atoms with E-state index in [4.69, 9.17) is 9.47 Å². The monoisotopic (exact) mass is 306 g/mol. The second-order valence-corrected chi connectivity index (χ2v) is 8.02. The molecular weight excluding hydrogens is 280 g/mol. The van der Waals surface area contributed by atoms with Crippen LogP contribution in [0.3, 0.4) is 0 Å². The number of fused-ring (bicyclic) bond motifs is 1. The van der Waals surface area contributed by atoms with Crippen LogP contribution in [0.1, 0.15) is 26.2 Å². The summed E-state index contributed by atoms with van der Waals surface area (Å²) in [5.41, 5.74) is -0.185. The van der Waals surface area contributed by atoms with E-state index in [2.05, 4.69) is 0 Å². The normalized spacial score (nSPS) is 32.3. The minimum Gasteiger partial charge on any atom is -0.381 e. The molecule has 0 bridgehead atoms. The number of rotatable bonds is 5. The topological polar surface area (TPSA) is 59.1 Å². The van der Waals surface area contributed by atoms with Gasteiger partial charge in [0.2, 0.25) is 0 Å². The van der Waals surface area contributed by atoms with E-state index in [0.717, 1.165) is 25.9 Å². The molecule has 20 heavy (non-hydrogen) atoms. The Hall–Kier alpha value is -0.210. The first-order valence-electron chi connectivity index (χ1n) is 7.29. The first-order valence-corrected chi connectivity index (χ1v) is 8.69. The highest BCUT2D eigenvalue weighted by atomic mass is 32.2. The third-order valence-corrected chi connectivity index (χ3v) is 6.22. The summed E-state index contributed by atoms with van der Waals surface area (Å²) >= 11 is 0. The smallest absolute Gasteiger partial charge is 0.281 e. The summed E-state index contributed by atoms with van der Waals surface area (Å²) in [6, 6.07) is 0. The Morgan fingerprint density at radius 1 is 1.45 bits per heavy atom. The van der Waals surface area contributed by atoms with Crippen molar-refractivity contribution in [1.29, 1.82) is 0 Å². The minimum atomic E-state index is -3.36. The van der Waals surface area contributed by atoms with Crippen LogP contribution in [0.2, 0.25) is 0 Å². The van der Waals surface area contributed by atoms with Gasteiger partial charge in [0, 0.05) is 45.8 Å². The van der Waals surface area contributed by atoms with E-state index < -0.39 is 10.2 Å². The molecule has 2 aliphatic heterocycles. The van der Waals surface area contributed by atoms with Crippen LogP contribution in [0, 0.1) is 5.41 Å². The van der Waals surface area contributed by atoms with Gasteiger partial charge >= 0.3 is 0 Å². The van der Waals surface area contributed by atoms with Crippen molar-refractivity contribution < 1.29 is 17.9 Å². The molecule has 0 aromatic carbocycles. The fraction of sp³-hybridized carbons (Fsp3) is 1.00. The minimum absolute atomic E-state index is 0.122. The van der Waals surface area contributed by atoms with Crippen molar-refractivity contribution in [3.63, 3.8) is 0 Å². The zero-order valence-electron chi connectivity index (χ0n) is 12.7. The van der Waals surface area contributed by atoms with E-state index >= 15 is 0 Å². The molecule has 2 heterocycles. The van der Waals surface area contributed by atoms with Crippen LogP contribution in [-0.2, 0) is 19.7 Å². The third kappa shape index (κ3) is 3.01. The molecule has 0 aliphatic carbocycles. The summed E-state index contributed by atoms with van der Waals surface area (Å²) in [5, 5.41) is 0. The van der Waals surface area contributed by atoms with E-state index in [-0.39, 0.29) is 11.5 Å². The molecule has 0 amide bonds. The van der Waals surface area contributed by atoms with Gasteiger partial charge in [-0.2, -0.15) is 17.0 Å². The molecule has 0 aromatic heterocycles. The van der Waals surface area contributed by atoms with E-state index in [1.54, 1.807) is 18.4 Å². The Morgan fingerprint density at radius 2 is 2.20 bits per heavy atom. The van der Waals surface area contributed by atoms with Crippen LogP contribution >= 0.6 is 0 Å². The molecule has 2 rings (SSSR count). The maximum absolute atomic E-state index is 12.3. The van der Waals surface area contributed by atoms with Crippen LogP contribution in [0.15, 0.2) is 0 Å².